The minimum atomic E-state index is -0.214. The van der Waals surface area contributed by atoms with E-state index in [1.54, 1.807) is 0 Å². The zero-order valence-electron chi connectivity index (χ0n) is 16.1. The molecule has 2 N–H and O–H groups in total. The maximum Gasteiger partial charge on any atom is 0.127 e. The third-order valence-electron chi connectivity index (χ3n) is 4.14. The molecule has 0 aliphatic rings. The first-order valence-electron chi connectivity index (χ1n) is 8.46. The summed E-state index contributed by atoms with van der Waals surface area (Å²) >= 11 is 0. The molecule has 0 radical (unpaired) electrons. The van der Waals surface area contributed by atoms with Crippen LogP contribution in [-0.4, -0.2) is 28.2 Å². The van der Waals surface area contributed by atoms with E-state index < -0.39 is 0 Å². The average Bonchev–Trinajstić information content (AvgIpc) is 2.40. The molecule has 24 heavy (non-hydrogen) atoms. The summed E-state index contributed by atoms with van der Waals surface area (Å²) in [5, 5.41) is 21.7. The lowest BCUT2D eigenvalue weighted by molar-refractivity contribution is 0.309. The molecule has 0 fully saturated rings. The number of phenols is 2. The van der Waals surface area contributed by atoms with E-state index in [4.69, 9.17) is 0 Å². The maximum atomic E-state index is 10.8. The van der Waals surface area contributed by atoms with Crippen LogP contribution in [0.15, 0.2) is 31.4 Å². The van der Waals surface area contributed by atoms with E-state index >= 15 is 0 Å². The van der Waals surface area contributed by atoms with E-state index in [1.165, 1.54) is 0 Å². The Bertz CT molecular complexity index is 555. The third-order valence-corrected chi connectivity index (χ3v) is 4.14. The predicted octanol–water partition coefficient (Wildman–Crippen LogP) is 4.87. The van der Waals surface area contributed by atoms with Crippen molar-refractivity contribution in [3.8, 4) is 11.5 Å². The van der Waals surface area contributed by atoms with Gasteiger partial charge in [0.25, 0.3) is 0 Å². The third kappa shape index (κ3) is 4.64. The van der Waals surface area contributed by atoms with Crippen molar-refractivity contribution in [3.05, 3.63) is 48.1 Å². The smallest absolute Gasteiger partial charge is 0.127 e. The Labute approximate surface area is 147 Å². The monoisotopic (exact) mass is 331 g/mol. The Morgan fingerprint density at radius 1 is 0.875 bits per heavy atom. The standard InChI is InChI=1S/C21H33NO2/c1-9-11-22(12-10-2)14-15-18(23)16(20(3,4)5)13-17(19(15)24)21(6,7)8/h9-10,13,23-24H,1-2,11-12,14H2,3-8H3. The van der Waals surface area contributed by atoms with Gasteiger partial charge in [0.1, 0.15) is 11.5 Å². The largest absolute Gasteiger partial charge is 0.507 e. The predicted molar refractivity (Wildman–Crippen MR) is 103 cm³/mol. The fourth-order valence-corrected chi connectivity index (χ4v) is 2.80. The van der Waals surface area contributed by atoms with Crippen LogP contribution in [-0.2, 0) is 17.4 Å². The first-order valence-corrected chi connectivity index (χ1v) is 8.46. The highest BCUT2D eigenvalue weighted by molar-refractivity contribution is 5.57. The van der Waals surface area contributed by atoms with E-state index in [9.17, 15) is 10.2 Å². The minimum Gasteiger partial charge on any atom is -0.507 e. The van der Waals surface area contributed by atoms with Crippen LogP contribution >= 0.6 is 0 Å². The van der Waals surface area contributed by atoms with Crippen LogP contribution in [0.2, 0.25) is 0 Å². The van der Waals surface area contributed by atoms with Crippen LogP contribution in [0.25, 0.3) is 0 Å². The van der Waals surface area contributed by atoms with Gasteiger partial charge in [-0.1, -0.05) is 53.7 Å². The zero-order valence-corrected chi connectivity index (χ0v) is 16.1. The molecule has 0 amide bonds. The van der Waals surface area contributed by atoms with Crippen LogP contribution < -0.4 is 0 Å². The molecule has 0 bridgehead atoms. The van der Waals surface area contributed by atoms with Gasteiger partial charge in [-0.2, -0.15) is 0 Å². The second kappa shape index (κ2) is 7.43. The lowest BCUT2D eigenvalue weighted by atomic mass is 9.78. The van der Waals surface area contributed by atoms with Crippen LogP contribution in [0.3, 0.4) is 0 Å². The highest BCUT2D eigenvalue weighted by Crippen LogP contribution is 2.44. The maximum absolute atomic E-state index is 10.8. The number of nitrogens with zero attached hydrogens (tertiary/aromatic N) is 1. The van der Waals surface area contributed by atoms with Gasteiger partial charge in [-0.25, -0.2) is 0 Å². The van der Waals surface area contributed by atoms with Gasteiger partial charge < -0.3 is 10.2 Å². The summed E-state index contributed by atoms with van der Waals surface area (Å²) in [6.07, 6.45) is 3.63. The van der Waals surface area contributed by atoms with Gasteiger partial charge in [-0.15, -0.1) is 13.2 Å². The first kappa shape index (κ1) is 20.3. The number of aromatic hydroxyl groups is 2. The van der Waals surface area contributed by atoms with Crippen molar-refractivity contribution in [1.82, 2.24) is 4.90 Å². The molecule has 3 heteroatoms. The average molecular weight is 332 g/mol. The normalized spacial score (nSPS) is 12.5. The lowest BCUT2D eigenvalue weighted by Gasteiger charge is -2.30. The van der Waals surface area contributed by atoms with Gasteiger partial charge >= 0.3 is 0 Å². The zero-order chi connectivity index (χ0) is 18.7. The Morgan fingerprint density at radius 3 is 1.54 bits per heavy atom. The van der Waals surface area contributed by atoms with E-state index in [0.29, 0.717) is 25.2 Å². The topological polar surface area (TPSA) is 43.7 Å². The Morgan fingerprint density at radius 2 is 1.25 bits per heavy atom. The van der Waals surface area contributed by atoms with Gasteiger partial charge in [-0.3, -0.25) is 4.90 Å². The number of hydrogen-bond donors (Lipinski definition) is 2. The van der Waals surface area contributed by atoms with Gasteiger partial charge in [0, 0.05) is 30.8 Å². The first-order chi connectivity index (χ1) is 10.9. The molecule has 0 aromatic heterocycles. The molecule has 0 atom stereocenters. The summed E-state index contributed by atoms with van der Waals surface area (Å²) in [6, 6.07) is 1.94. The molecule has 0 saturated heterocycles. The Balaban J connectivity index is 3.56. The molecule has 1 rings (SSSR count). The summed E-state index contributed by atoms with van der Waals surface area (Å²) < 4.78 is 0. The molecule has 1 aromatic carbocycles. The number of rotatable bonds is 6. The minimum absolute atomic E-state index is 0.186. The van der Waals surface area contributed by atoms with E-state index in [1.807, 2.05) is 18.2 Å². The van der Waals surface area contributed by atoms with E-state index in [-0.39, 0.29) is 22.3 Å². The molecule has 0 spiro atoms. The fraction of sp³-hybridized carbons (Fsp3) is 0.524. The van der Waals surface area contributed by atoms with Crippen molar-refractivity contribution in [2.75, 3.05) is 13.1 Å². The molecular formula is C21H33NO2. The van der Waals surface area contributed by atoms with Gasteiger partial charge in [0.05, 0.1) is 5.56 Å². The molecule has 0 heterocycles. The molecule has 0 saturated carbocycles. The molecule has 0 unspecified atom stereocenters. The van der Waals surface area contributed by atoms with Crippen LogP contribution in [0.5, 0.6) is 11.5 Å². The van der Waals surface area contributed by atoms with Crippen molar-refractivity contribution in [2.24, 2.45) is 0 Å². The van der Waals surface area contributed by atoms with E-state index in [2.05, 4.69) is 59.6 Å². The second-order valence-electron chi connectivity index (χ2n) is 8.42. The van der Waals surface area contributed by atoms with Gasteiger partial charge in [0.15, 0.2) is 0 Å². The van der Waals surface area contributed by atoms with Crippen LogP contribution in [0.1, 0.15) is 58.2 Å². The summed E-state index contributed by atoms with van der Waals surface area (Å²) in [6.45, 7) is 21.8. The summed E-state index contributed by atoms with van der Waals surface area (Å²) in [4.78, 5) is 2.08. The summed E-state index contributed by atoms with van der Waals surface area (Å²) in [5.74, 6) is 0.372. The van der Waals surface area contributed by atoms with Gasteiger partial charge in [0.2, 0.25) is 0 Å². The molecule has 1 aromatic rings. The Hall–Kier alpha value is -1.74. The molecular weight excluding hydrogens is 298 g/mol. The van der Waals surface area contributed by atoms with Crippen molar-refractivity contribution in [3.63, 3.8) is 0 Å². The van der Waals surface area contributed by atoms with Crippen LogP contribution in [0, 0.1) is 0 Å². The highest BCUT2D eigenvalue weighted by Gasteiger charge is 2.29. The molecule has 134 valence electrons. The van der Waals surface area contributed by atoms with Crippen molar-refractivity contribution >= 4 is 0 Å². The van der Waals surface area contributed by atoms with Crippen LogP contribution in [0.4, 0.5) is 0 Å². The second-order valence-corrected chi connectivity index (χ2v) is 8.42. The SMILES string of the molecule is C=CCN(CC=C)Cc1c(O)c(C(C)(C)C)cc(C(C)(C)C)c1O. The highest BCUT2D eigenvalue weighted by atomic mass is 16.3. The number of hydrogen-bond acceptors (Lipinski definition) is 3. The molecule has 0 aliphatic carbocycles. The Kier molecular flexibility index (Phi) is 6.29. The number of phenolic OH excluding ortho intramolecular Hbond substituents is 2. The van der Waals surface area contributed by atoms with Crippen molar-refractivity contribution in [2.45, 2.75) is 58.9 Å². The van der Waals surface area contributed by atoms with Gasteiger partial charge in [-0.05, 0) is 16.9 Å². The summed E-state index contributed by atoms with van der Waals surface area (Å²) in [5.41, 5.74) is 1.87. The van der Waals surface area contributed by atoms with Crippen molar-refractivity contribution < 1.29 is 10.2 Å². The summed E-state index contributed by atoms with van der Waals surface area (Å²) in [7, 11) is 0. The quantitative estimate of drug-likeness (QED) is 0.731. The molecule has 0 aliphatic heterocycles. The number of benzene rings is 1. The van der Waals surface area contributed by atoms with Crippen molar-refractivity contribution in [1.29, 1.82) is 0 Å². The fourth-order valence-electron chi connectivity index (χ4n) is 2.80. The lowest BCUT2D eigenvalue weighted by Crippen LogP contribution is -2.25. The molecule has 3 nitrogen and oxygen atoms in total. The van der Waals surface area contributed by atoms with E-state index in [0.717, 1.165) is 11.1 Å².